The van der Waals surface area contributed by atoms with E-state index in [2.05, 4.69) is 28.5 Å². The molecular formula is C25H26N4O2. The summed E-state index contributed by atoms with van der Waals surface area (Å²) < 4.78 is 11.4. The van der Waals surface area contributed by atoms with Gasteiger partial charge in [0.05, 0.1) is 11.1 Å². The summed E-state index contributed by atoms with van der Waals surface area (Å²) in [5, 5.41) is 4.16. The molecule has 0 saturated heterocycles. The molecule has 0 unspecified atom stereocenters. The van der Waals surface area contributed by atoms with Gasteiger partial charge in [-0.05, 0) is 61.4 Å². The van der Waals surface area contributed by atoms with Gasteiger partial charge in [-0.25, -0.2) is 9.97 Å². The molecule has 2 heterocycles. The molecule has 0 radical (unpaired) electrons. The Morgan fingerprint density at radius 2 is 1.74 bits per heavy atom. The van der Waals surface area contributed by atoms with E-state index in [1.807, 2.05) is 57.3 Å². The lowest BCUT2D eigenvalue weighted by Crippen LogP contribution is -2.30. The van der Waals surface area contributed by atoms with Gasteiger partial charge in [0.25, 0.3) is 0 Å². The number of methoxy groups -OCH3 is 1. The van der Waals surface area contributed by atoms with Gasteiger partial charge in [0.1, 0.15) is 18.2 Å². The summed E-state index contributed by atoms with van der Waals surface area (Å²) >= 11 is 0. The van der Waals surface area contributed by atoms with Crippen LogP contribution in [-0.2, 0) is 4.74 Å². The molecule has 0 saturated carbocycles. The zero-order valence-electron chi connectivity index (χ0n) is 18.2. The lowest BCUT2D eigenvalue weighted by atomic mass is 10.0. The quantitative estimate of drug-likeness (QED) is 0.448. The normalized spacial score (nSPS) is 11.5. The Labute approximate surface area is 182 Å². The highest BCUT2D eigenvalue weighted by atomic mass is 16.5. The van der Waals surface area contributed by atoms with Crippen molar-refractivity contribution in [1.29, 1.82) is 0 Å². The molecule has 2 aromatic heterocycles. The van der Waals surface area contributed by atoms with Crippen LogP contribution in [0.1, 0.15) is 13.8 Å². The van der Waals surface area contributed by atoms with Crippen molar-refractivity contribution in [2.45, 2.75) is 19.4 Å². The number of hydrogen-bond acceptors (Lipinski definition) is 6. The summed E-state index contributed by atoms with van der Waals surface area (Å²) in [5.41, 5.74) is 3.54. The van der Waals surface area contributed by atoms with Crippen LogP contribution < -0.4 is 10.1 Å². The fourth-order valence-electron chi connectivity index (χ4n) is 3.20. The van der Waals surface area contributed by atoms with E-state index >= 15 is 0 Å². The van der Waals surface area contributed by atoms with Gasteiger partial charge >= 0.3 is 0 Å². The minimum atomic E-state index is -0.343. The van der Waals surface area contributed by atoms with Gasteiger partial charge in [-0.3, -0.25) is 4.98 Å². The summed E-state index contributed by atoms with van der Waals surface area (Å²) in [6.07, 6.45) is 3.51. The maximum absolute atomic E-state index is 5.95. The number of anilines is 1. The first-order chi connectivity index (χ1) is 15.0. The molecule has 158 valence electrons. The van der Waals surface area contributed by atoms with E-state index in [1.165, 1.54) is 0 Å². The smallest absolute Gasteiger partial charge is 0.163 e. The van der Waals surface area contributed by atoms with Gasteiger partial charge in [0, 0.05) is 37.5 Å². The van der Waals surface area contributed by atoms with Gasteiger partial charge in [-0.2, -0.15) is 0 Å². The highest BCUT2D eigenvalue weighted by molar-refractivity contribution is 5.94. The maximum atomic E-state index is 5.95. The van der Waals surface area contributed by atoms with E-state index in [0.29, 0.717) is 12.4 Å². The van der Waals surface area contributed by atoms with Crippen molar-refractivity contribution < 1.29 is 9.47 Å². The first-order valence-corrected chi connectivity index (χ1v) is 10.2. The number of benzene rings is 2. The molecule has 0 aliphatic rings. The van der Waals surface area contributed by atoms with Crippen molar-refractivity contribution >= 4 is 16.7 Å². The van der Waals surface area contributed by atoms with Crippen molar-refractivity contribution in [1.82, 2.24) is 15.0 Å². The van der Waals surface area contributed by atoms with Crippen molar-refractivity contribution in [2.75, 3.05) is 26.1 Å². The van der Waals surface area contributed by atoms with Crippen LogP contribution in [-0.4, -0.2) is 41.3 Å². The van der Waals surface area contributed by atoms with E-state index < -0.39 is 0 Å². The number of pyridine rings is 1. The lowest BCUT2D eigenvalue weighted by molar-refractivity contribution is -0.0146. The van der Waals surface area contributed by atoms with Crippen molar-refractivity contribution in [3.63, 3.8) is 0 Å². The third kappa shape index (κ3) is 4.64. The van der Waals surface area contributed by atoms with Gasteiger partial charge in [0.15, 0.2) is 5.82 Å². The van der Waals surface area contributed by atoms with E-state index in [1.54, 1.807) is 19.5 Å². The van der Waals surface area contributed by atoms with Gasteiger partial charge < -0.3 is 14.8 Å². The van der Waals surface area contributed by atoms with Crippen LogP contribution in [0.3, 0.4) is 0 Å². The van der Waals surface area contributed by atoms with Crippen molar-refractivity contribution in [2.24, 2.45) is 0 Å². The van der Waals surface area contributed by atoms with Crippen LogP contribution >= 0.6 is 0 Å². The second kappa shape index (κ2) is 8.70. The molecule has 4 aromatic rings. The fourth-order valence-corrected chi connectivity index (χ4v) is 3.20. The lowest BCUT2D eigenvalue weighted by Gasteiger charge is -2.23. The molecule has 31 heavy (non-hydrogen) atoms. The third-order valence-electron chi connectivity index (χ3n) is 5.16. The predicted molar refractivity (Wildman–Crippen MR) is 124 cm³/mol. The van der Waals surface area contributed by atoms with Crippen LogP contribution in [0.5, 0.6) is 5.75 Å². The molecule has 0 fully saturated rings. The summed E-state index contributed by atoms with van der Waals surface area (Å²) in [5.74, 6) is 2.23. The van der Waals surface area contributed by atoms with E-state index in [0.717, 1.165) is 39.2 Å². The second-order valence-electron chi connectivity index (χ2n) is 7.90. The minimum absolute atomic E-state index is 0.343. The molecule has 0 atom stereocenters. The van der Waals surface area contributed by atoms with Gasteiger partial charge in [0.2, 0.25) is 0 Å². The molecule has 4 rings (SSSR count). The zero-order valence-corrected chi connectivity index (χ0v) is 18.2. The Balaban J connectivity index is 1.69. The number of hydrogen-bond donors (Lipinski definition) is 1. The Hall–Kier alpha value is -3.51. The third-order valence-corrected chi connectivity index (χ3v) is 5.16. The molecular weight excluding hydrogens is 388 g/mol. The van der Waals surface area contributed by atoms with Crippen LogP contribution in [0.2, 0.25) is 0 Å². The highest BCUT2D eigenvalue weighted by Gasteiger charge is 2.17. The Morgan fingerprint density at radius 1 is 0.935 bits per heavy atom. The highest BCUT2D eigenvalue weighted by Crippen LogP contribution is 2.31. The molecule has 0 spiro atoms. The predicted octanol–water partition coefficient (Wildman–Crippen LogP) is 5.20. The minimum Gasteiger partial charge on any atom is -0.491 e. The standard InChI is InChI=1S/C25H26N4O2/c1-25(2,30-4)16-31-20-9-5-7-17(13-20)18-10-11-22-21(14-18)24(26-3)29-23(28-22)19-8-6-12-27-15-19/h5-15H,16H2,1-4H3,(H,26,28,29). The monoisotopic (exact) mass is 414 g/mol. The number of nitrogens with one attached hydrogen (secondary N) is 1. The summed E-state index contributed by atoms with van der Waals surface area (Å²) in [7, 11) is 3.56. The first-order valence-electron chi connectivity index (χ1n) is 10.2. The van der Waals surface area contributed by atoms with E-state index in [9.17, 15) is 0 Å². The molecule has 6 nitrogen and oxygen atoms in total. The zero-order chi connectivity index (χ0) is 21.8. The first kappa shape index (κ1) is 20.8. The second-order valence-corrected chi connectivity index (χ2v) is 7.90. The SMILES string of the molecule is CNc1nc(-c2cccnc2)nc2ccc(-c3cccc(OCC(C)(C)OC)c3)cc12. The summed E-state index contributed by atoms with van der Waals surface area (Å²) in [6.45, 7) is 4.47. The molecule has 0 bridgehead atoms. The Bertz CT molecular complexity index is 1190. The Kier molecular flexibility index (Phi) is 5.82. The molecule has 2 aromatic carbocycles. The van der Waals surface area contributed by atoms with Crippen LogP contribution in [0, 0.1) is 0 Å². The number of fused-ring (bicyclic) bond motifs is 1. The van der Waals surface area contributed by atoms with Crippen LogP contribution in [0.25, 0.3) is 33.4 Å². The molecule has 0 aliphatic carbocycles. The maximum Gasteiger partial charge on any atom is 0.163 e. The topological polar surface area (TPSA) is 69.2 Å². The van der Waals surface area contributed by atoms with Gasteiger partial charge in [-0.1, -0.05) is 18.2 Å². The number of nitrogens with zero attached hydrogens (tertiary/aromatic N) is 3. The van der Waals surface area contributed by atoms with Crippen LogP contribution in [0.4, 0.5) is 5.82 Å². The van der Waals surface area contributed by atoms with E-state index in [4.69, 9.17) is 19.4 Å². The van der Waals surface area contributed by atoms with Gasteiger partial charge in [-0.15, -0.1) is 0 Å². The fraction of sp³-hybridized carbons (Fsp3) is 0.240. The number of aromatic nitrogens is 3. The van der Waals surface area contributed by atoms with E-state index in [-0.39, 0.29) is 5.60 Å². The molecule has 6 heteroatoms. The average molecular weight is 415 g/mol. The van der Waals surface area contributed by atoms with Crippen molar-refractivity contribution in [3.8, 4) is 28.3 Å². The molecule has 0 amide bonds. The molecule has 0 aliphatic heterocycles. The number of ether oxygens (including phenoxy) is 2. The largest absolute Gasteiger partial charge is 0.491 e. The Morgan fingerprint density at radius 3 is 2.48 bits per heavy atom. The summed E-state index contributed by atoms with van der Waals surface area (Å²) in [4.78, 5) is 13.6. The van der Waals surface area contributed by atoms with Crippen molar-refractivity contribution in [3.05, 3.63) is 67.0 Å². The average Bonchev–Trinajstić information content (AvgIpc) is 2.82. The number of rotatable bonds is 7. The summed E-state index contributed by atoms with van der Waals surface area (Å²) in [6, 6.07) is 18.1. The molecule has 1 N–H and O–H groups in total. The van der Waals surface area contributed by atoms with Crippen LogP contribution in [0.15, 0.2) is 67.0 Å².